The average molecular weight is 487 g/mol. The van der Waals surface area contributed by atoms with E-state index < -0.39 is 0 Å². The van der Waals surface area contributed by atoms with Gasteiger partial charge in [0.25, 0.3) is 5.56 Å². The van der Waals surface area contributed by atoms with Gasteiger partial charge in [0.2, 0.25) is 0 Å². The van der Waals surface area contributed by atoms with Crippen LogP contribution in [0.15, 0.2) is 59.4 Å². The highest BCUT2D eigenvalue weighted by Crippen LogP contribution is 2.26. The molecular formula is C28H34N6O2. The number of pyridine rings is 1. The smallest absolute Gasteiger partial charge is 0.252 e. The molecule has 2 aromatic carbocycles. The summed E-state index contributed by atoms with van der Waals surface area (Å²) in [5, 5.41) is 13.8. The Hall–Kier alpha value is -3.36. The summed E-state index contributed by atoms with van der Waals surface area (Å²) in [5.74, 6) is 0.828. The van der Waals surface area contributed by atoms with Gasteiger partial charge in [-0.05, 0) is 72.2 Å². The van der Waals surface area contributed by atoms with Crippen LogP contribution in [0.3, 0.4) is 0 Å². The Balaban J connectivity index is 1.46. The number of ether oxygens (including phenoxy) is 1. The third-order valence-electron chi connectivity index (χ3n) is 7.07. The van der Waals surface area contributed by atoms with Gasteiger partial charge in [0, 0.05) is 30.8 Å². The van der Waals surface area contributed by atoms with Crippen molar-refractivity contribution in [3.63, 3.8) is 0 Å². The van der Waals surface area contributed by atoms with Crippen LogP contribution in [0.25, 0.3) is 10.9 Å². The van der Waals surface area contributed by atoms with E-state index in [1.54, 1.807) is 0 Å². The standard InChI is InChI=1S/C28H34N6O2/c1-3-26(27-30-31-32-34(27)19-24-10-7-15-36-24)33(14-13-21-8-5-4-6-9-21)18-23-17-22-16-20(2)11-12-25(22)29-28(23)35/h4-6,8-9,11-12,16-17,24,26H,3,7,10,13-15,18-19H2,1-2H3,(H,29,35)/t24-,26+/m0/s1. The first-order chi connectivity index (χ1) is 17.6. The number of nitrogens with zero attached hydrogens (tertiary/aromatic N) is 5. The van der Waals surface area contributed by atoms with Crippen molar-refractivity contribution in [2.24, 2.45) is 0 Å². The van der Waals surface area contributed by atoms with E-state index in [1.807, 2.05) is 28.9 Å². The number of H-pyrrole nitrogens is 1. The summed E-state index contributed by atoms with van der Waals surface area (Å²) in [6.07, 6.45) is 3.95. The second-order valence-corrected chi connectivity index (χ2v) is 9.70. The molecule has 2 atom stereocenters. The molecule has 0 amide bonds. The maximum atomic E-state index is 13.1. The van der Waals surface area contributed by atoms with Crippen LogP contribution in [0.4, 0.5) is 0 Å². The Morgan fingerprint density at radius 3 is 2.83 bits per heavy atom. The van der Waals surface area contributed by atoms with Crippen molar-refractivity contribution in [3.05, 3.63) is 87.5 Å². The lowest BCUT2D eigenvalue weighted by atomic mass is 10.1. The molecule has 1 saturated heterocycles. The zero-order chi connectivity index (χ0) is 24.9. The number of hydrogen-bond acceptors (Lipinski definition) is 6. The molecule has 4 aromatic rings. The maximum Gasteiger partial charge on any atom is 0.252 e. The van der Waals surface area contributed by atoms with Crippen molar-refractivity contribution in [1.29, 1.82) is 0 Å². The summed E-state index contributed by atoms with van der Waals surface area (Å²) in [5.41, 5.74) is 3.99. The van der Waals surface area contributed by atoms with Gasteiger partial charge in [0.05, 0.1) is 18.7 Å². The molecule has 36 heavy (non-hydrogen) atoms. The number of tetrazole rings is 1. The lowest BCUT2D eigenvalue weighted by Crippen LogP contribution is -2.34. The molecule has 2 aromatic heterocycles. The molecule has 8 nitrogen and oxygen atoms in total. The van der Waals surface area contributed by atoms with Crippen LogP contribution in [0.2, 0.25) is 0 Å². The Morgan fingerprint density at radius 2 is 2.06 bits per heavy atom. The second-order valence-electron chi connectivity index (χ2n) is 9.70. The molecule has 3 heterocycles. The highest BCUT2D eigenvalue weighted by atomic mass is 16.5. The van der Waals surface area contributed by atoms with Gasteiger partial charge in [0.1, 0.15) is 0 Å². The van der Waals surface area contributed by atoms with Crippen molar-refractivity contribution < 1.29 is 4.74 Å². The lowest BCUT2D eigenvalue weighted by molar-refractivity contribution is 0.0893. The van der Waals surface area contributed by atoms with Crippen LogP contribution in [0, 0.1) is 6.92 Å². The van der Waals surface area contributed by atoms with Gasteiger partial charge < -0.3 is 9.72 Å². The number of rotatable bonds is 10. The molecule has 188 valence electrons. The first-order valence-corrected chi connectivity index (χ1v) is 12.9. The molecular weight excluding hydrogens is 452 g/mol. The molecule has 1 fully saturated rings. The minimum absolute atomic E-state index is 0.0299. The molecule has 0 saturated carbocycles. The third-order valence-corrected chi connectivity index (χ3v) is 7.07. The van der Waals surface area contributed by atoms with Gasteiger partial charge in [-0.15, -0.1) is 5.10 Å². The van der Waals surface area contributed by atoms with Gasteiger partial charge in [-0.2, -0.15) is 0 Å². The van der Waals surface area contributed by atoms with E-state index in [9.17, 15) is 4.79 Å². The van der Waals surface area contributed by atoms with Crippen LogP contribution < -0.4 is 5.56 Å². The first-order valence-electron chi connectivity index (χ1n) is 12.9. The monoisotopic (exact) mass is 486 g/mol. The summed E-state index contributed by atoms with van der Waals surface area (Å²) in [6, 6.07) is 18.6. The number of hydrogen-bond donors (Lipinski definition) is 1. The van der Waals surface area contributed by atoms with E-state index >= 15 is 0 Å². The van der Waals surface area contributed by atoms with E-state index in [-0.39, 0.29) is 17.7 Å². The molecule has 0 spiro atoms. The topological polar surface area (TPSA) is 88.9 Å². The molecule has 8 heteroatoms. The van der Waals surface area contributed by atoms with Crippen molar-refractivity contribution in [3.8, 4) is 0 Å². The van der Waals surface area contributed by atoms with E-state index in [1.165, 1.54) is 11.1 Å². The van der Waals surface area contributed by atoms with E-state index in [2.05, 4.69) is 69.6 Å². The number of fused-ring (bicyclic) bond motifs is 1. The highest BCUT2D eigenvalue weighted by Gasteiger charge is 2.27. The number of nitrogens with one attached hydrogen (secondary N) is 1. The van der Waals surface area contributed by atoms with Crippen molar-refractivity contribution in [1.82, 2.24) is 30.1 Å². The molecule has 0 radical (unpaired) electrons. The third kappa shape index (κ3) is 5.55. The predicted octanol–water partition coefficient (Wildman–Crippen LogP) is 4.20. The van der Waals surface area contributed by atoms with Crippen LogP contribution >= 0.6 is 0 Å². The average Bonchev–Trinajstić information content (AvgIpc) is 3.57. The SMILES string of the molecule is CC[C@H](c1nnnn1C[C@@H]1CCCO1)N(CCc1ccccc1)Cc1cc2cc(C)ccc2[nH]c1=O. The number of benzene rings is 2. The summed E-state index contributed by atoms with van der Waals surface area (Å²) < 4.78 is 7.74. The summed E-state index contributed by atoms with van der Waals surface area (Å²) in [6.45, 7) is 6.96. The predicted molar refractivity (Wildman–Crippen MR) is 140 cm³/mol. The van der Waals surface area contributed by atoms with Gasteiger partial charge in [-0.1, -0.05) is 48.9 Å². The highest BCUT2D eigenvalue weighted by molar-refractivity contribution is 5.79. The normalized spacial score (nSPS) is 16.7. The fourth-order valence-corrected chi connectivity index (χ4v) is 5.14. The van der Waals surface area contributed by atoms with E-state index in [0.717, 1.165) is 61.1 Å². The Morgan fingerprint density at radius 1 is 1.19 bits per heavy atom. The summed E-state index contributed by atoms with van der Waals surface area (Å²) >= 11 is 0. The van der Waals surface area contributed by atoms with Crippen molar-refractivity contribution >= 4 is 10.9 Å². The minimum atomic E-state index is -0.0511. The van der Waals surface area contributed by atoms with Crippen LogP contribution in [0.5, 0.6) is 0 Å². The van der Waals surface area contributed by atoms with Gasteiger partial charge >= 0.3 is 0 Å². The number of aryl methyl sites for hydroxylation is 1. The van der Waals surface area contributed by atoms with E-state index in [4.69, 9.17) is 4.74 Å². The van der Waals surface area contributed by atoms with Crippen LogP contribution in [-0.4, -0.2) is 49.3 Å². The van der Waals surface area contributed by atoms with Gasteiger partial charge in [-0.25, -0.2) is 4.68 Å². The summed E-state index contributed by atoms with van der Waals surface area (Å²) in [7, 11) is 0. The molecule has 5 rings (SSSR count). The first kappa shape index (κ1) is 24.3. The Bertz CT molecular complexity index is 1340. The van der Waals surface area contributed by atoms with Crippen LogP contribution in [-0.2, 0) is 24.2 Å². The molecule has 1 aliphatic rings. The maximum absolute atomic E-state index is 13.1. The zero-order valence-corrected chi connectivity index (χ0v) is 21.1. The molecule has 1 aliphatic heterocycles. The van der Waals surface area contributed by atoms with Crippen LogP contribution in [0.1, 0.15) is 54.7 Å². The molecule has 0 unspecified atom stereocenters. The quantitative estimate of drug-likeness (QED) is 0.361. The van der Waals surface area contributed by atoms with Crippen molar-refractivity contribution in [2.75, 3.05) is 13.2 Å². The Kier molecular flexibility index (Phi) is 7.53. The fraction of sp³-hybridized carbons (Fsp3) is 0.429. The molecule has 0 aliphatic carbocycles. The second kappa shape index (κ2) is 11.1. The largest absolute Gasteiger partial charge is 0.376 e. The van der Waals surface area contributed by atoms with Gasteiger partial charge in [-0.3, -0.25) is 9.69 Å². The Labute approximate surface area is 211 Å². The molecule has 0 bridgehead atoms. The number of aromatic amines is 1. The minimum Gasteiger partial charge on any atom is -0.376 e. The summed E-state index contributed by atoms with van der Waals surface area (Å²) in [4.78, 5) is 18.5. The van der Waals surface area contributed by atoms with E-state index in [0.29, 0.717) is 13.1 Å². The van der Waals surface area contributed by atoms with Crippen molar-refractivity contribution in [2.45, 2.75) is 64.8 Å². The fourth-order valence-electron chi connectivity index (χ4n) is 5.14. The van der Waals surface area contributed by atoms with Gasteiger partial charge in [0.15, 0.2) is 5.82 Å². The number of aromatic nitrogens is 5. The zero-order valence-electron chi connectivity index (χ0n) is 21.1. The lowest BCUT2D eigenvalue weighted by Gasteiger charge is -2.30. The molecule has 1 N–H and O–H groups in total.